The predicted octanol–water partition coefficient (Wildman–Crippen LogP) is 2.69. The first kappa shape index (κ1) is 16.2. The Kier molecular flexibility index (Phi) is 4.23. The summed E-state index contributed by atoms with van der Waals surface area (Å²) in [5.74, 6) is 1.29. The van der Waals surface area contributed by atoms with Gasteiger partial charge in [0.1, 0.15) is 0 Å². The molecule has 1 aromatic rings. The second-order valence-electron chi connectivity index (χ2n) is 5.64. The van der Waals surface area contributed by atoms with Gasteiger partial charge in [-0.25, -0.2) is 0 Å². The molecule has 1 aliphatic rings. The molecule has 1 aliphatic heterocycles. The van der Waals surface area contributed by atoms with Crippen LogP contribution in [0.2, 0.25) is 0 Å². The van der Waals surface area contributed by atoms with Crippen molar-refractivity contribution in [2.45, 2.75) is 38.9 Å². The molecule has 0 aromatic heterocycles. The molecule has 0 spiro atoms. The summed E-state index contributed by atoms with van der Waals surface area (Å²) in [6.45, 7) is 8.01. The van der Waals surface area contributed by atoms with Crippen molar-refractivity contribution in [1.82, 2.24) is 0 Å². The molecule has 0 amide bonds. The summed E-state index contributed by atoms with van der Waals surface area (Å²) in [5, 5.41) is 0. The van der Waals surface area contributed by atoms with Crippen LogP contribution in [-0.2, 0) is 6.20 Å². The average Bonchev–Trinajstić information content (AvgIpc) is 2.53. The van der Waals surface area contributed by atoms with Crippen LogP contribution < -0.4 is 13.1 Å². The van der Waals surface area contributed by atoms with Gasteiger partial charge in [0.15, 0.2) is 0 Å². The van der Waals surface area contributed by atoms with Gasteiger partial charge in [0, 0.05) is 0 Å². The molecule has 4 nitrogen and oxygen atoms in total. The van der Waals surface area contributed by atoms with E-state index in [0.717, 1.165) is 3.61 Å². The standard InChI is InChI=1S/C14H21ClO4Te/c1-13(2)14(3,4)19-20(15,18-13)10-7-8-11(16-5)12(9-10)17-6/h7-9H,1-6H3. The maximum absolute atomic E-state index is 6.74. The molecule has 0 bridgehead atoms. The van der Waals surface area contributed by atoms with Gasteiger partial charge in [-0.15, -0.1) is 0 Å². The fourth-order valence-electron chi connectivity index (χ4n) is 1.82. The van der Waals surface area contributed by atoms with E-state index in [-0.39, 0.29) is 0 Å². The summed E-state index contributed by atoms with van der Waals surface area (Å²) < 4.78 is 23.7. The Morgan fingerprint density at radius 2 is 1.45 bits per heavy atom. The molecule has 1 saturated heterocycles. The summed E-state index contributed by atoms with van der Waals surface area (Å²) in [4.78, 5) is 0. The Balaban J connectivity index is 2.42. The van der Waals surface area contributed by atoms with Crippen molar-refractivity contribution < 1.29 is 15.7 Å². The minimum atomic E-state index is -3.59. The predicted molar refractivity (Wildman–Crippen MR) is 81.1 cm³/mol. The van der Waals surface area contributed by atoms with Gasteiger partial charge in [0.25, 0.3) is 0 Å². The van der Waals surface area contributed by atoms with Gasteiger partial charge in [0.05, 0.1) is 0 Å². The molecule has 0 unspecified atom stereocenters. The van der Waals surface area contributed by atoms with Crippen LogP contribution in [0.5, 0.6) is 11.5 Å². The molecule has 0 N–H and O–H groups in total. The summed E-state index contributed by atoms with van der Waals surface area (Å²) in [7, 11) is 9.94. The number of halogens is 1. The van der Waals surface area contributed by atoms with Crippen molar-refractivity contribution in [2.24, 2.45) is 0 Å². The van der Waals surface area contributed by atoms with Crippen LogP contribution in [0, 0.1) is 0 Å². The fourth-order valence-corrected chi connectivity index (χ4v) is 10.8. The molecule has 1 fully saturated rings. The first-order valence-electron chi connectivity index (χ1n) is 6.31. The molecule has 2 rings (SSSR count). The van der Waals surface area contributed by atoms with Crippen molar-refractivity contribution in [3.63, 3.8) is 0 Å². The summed E-state index contributed by atoms with van der Waals surface area (Å²) in [5.41, 5.74) is -0.855. The van der Waals surface area contributed by atoms with Crippen molar-refractivity contribution in [3.8, 4) is 11.5 Å². The molecular formula is C14H21ClO4Te. The van der Waals surface area contributed by atoms with Gasteiger partial charge in [-0.05, 0) is 0 Å². The number of ether oxygens (including phenoxy) is 2. The number of benzene rings is 1. The number of rotatable bonds is 3. The minimum absolute atomic E-state index is 0.428. The molecular weight excluding hydrogens is 395 g/mol. The Morgan fingerprint density at radius 1 is 0.950 bits per heavy atom. The van der Waals surface area contributed by atoms with Gasteiger partial charge in [-0.1, -0.05) is 0 Å². The van der Waals surface area contributed by atoms with Gasteiger partial charge >= 0.3 is 129 Å². The third kappa shape index (κ3) is 2.63. The van der Waals surface area contributed by atoms with Crippen LogP contribution in [0.25, 0.3) is 0 Å². The Bertz CT molecular complexity index is 500. The third-order valence-corrected chi connectivity index (χ3v) is 11.7. The second kappa shape index (κ2) is 5.22. The SMILES string of the molecule is COc1ccc([Te]2(Cl)OC(C)(C)C(C)(C)O2)cc1OC. The van der Waals surface area contributed by atoms with Crippen molar-refractivity contribution in [1.29, 1.82) is 0 Å². The molecule has 1 aromatic carbocycles. The summed E-state index contributed by atoms with van der Waals surface area (Å²) >= 11 is -3.59. The number of methoxy groups -OCH3 is 2. The Morgan fingerprint density at radius 3 is 1.90 bits per heavy atom. The van der Waals surface area contributed by atoms with Gasteiger partial charge in [-0.2, -0.15) is 0 Å². The van der Waals surface area contributed by atoms with Crippen molar-refractivity contribution in [2.75, 3.05) is 14.2 Å². The van der Waals surface area contributed by atoms with Crippen LogP contribution in [0.3, 0.4) is 0 Å². The van der Waals surface area contributed by atoms with Gasteiger partial charge in [0.2, 0.25) is 0 Å². The van der Waals surface area contributed by atoms with Crippen LogP contribution in [-0.4, -0.2) is 43.3 Å². The summed E-state index contributed by atoms with van der Waals surface area (Å²) in [6, 6.07) is 5.58. The van der Waals surface area contributed by atoms with E-state index in [4.69, 9.17) is 24.6 Å². The van der Waals surface area contributed by atoms with Crippen LogP contribution >= 0.6 is 8.96 Å². The van der Waals surface area contributed by atoms with E-state index in [1.165, 1.54) is 0 Å². The van der Waals surface area contributed by atoms with Gasteiger partial charge < -0.3 is 0 Å². The van der Waals surface area contributed by atoms with E-state index in [2.05, 4.69) is 0 Å². The zero-order chi connectivity index (χ0) is 15.2. The van der Waals surface area contributed by atoms with Crippen LogP contribution in [0.1, 0.15) is 27.7 Å². The van der Waals surface area contributed by atoms with E-state index >= 15 is 0 Å². The van der Waals surface area contributed by atoms with E-state index in [1.807, 2.05) is 45.9 Å². The first-order valence-corrected chi connectivity index (χ1v) is 12.3. The molecule has 20 heavy (non-hydrogen) atoms. The average molecular weight is 416 g/mol. The zero-order valence-electron chi connectivity index (χ0n) is 12.7. The van der Waals surface area contributed by atoms with E-state index in [0.29, 0.717) is 11.5 Å². The Hall–Kier alpha value is -0.180. The molecule has 1 heterocycles. The van der Waals surface area contributed by atoms with Gasteiger partial charge in [-0.3, -0.25) is 0 Å². The van der Waals surface area contributed by atoms with E-state index < -0.39 is 29.1 Å². The van der Waals surface area contributed by atoms with E-state index in [9.17, 15) is 0 Å². The number of hydrogen-bond acceptors (Lipinski definition) is 4. The maximum atomic E-state index is 6.74. The Labute approximate surface area is 128 Å². The molecule has 114 valence electrons. The normalized spacial score (nSPS) is 24.1. The molecule has 6 heteroatoms. The van der Waals surface area contributed by atoms with Crippen LogP contribution in [0.4, 0.5) is 0 Å². The zero-order valence-corrected chi connectivity index (χ0v) is 15.7. The molecule has 0 radical (unpaired) electrons. The van der Waals surface area contributed by atoms with Crippen molar-refractivity contribution in [3.05, 3.63) is 18.2 Å². The second-order valence-corrected chi connectivity index (χ2v) is 13.2. The quantitative estimate of drug-likeness (QED) is 0.711. The molecule has 0 aliphatic carbocycles. The monoisotopic (exact) mass is 418 g/mol. The topological polar surface area (TPSA) is 36.9 Å². The molecule has 0 saturated carbocycles. The van der Waals surface area contributed by atoms with Crippen LogP contribution in [0.15, 0.2) is 18.2 Å². The molecule has 0 atom stereocenters. The van der Waals surface area contributed by atoms with E-state index in [1.54, 1.807) is 14.2 Å². The third-order valence-electron chi connectivity index (χ3n) is 3.72. The summed E-state index contributed by atoms with van der Waals surface area (Å²) in [6.07, 6.45) is 0. The number of hydrogen-bond donors (Lipinski definition) is 0. The fraction of sp³-hybridized carbons (Fsp3) is 0.571. The van der Waals surface area contributed by atoms with Crippen molar-refractivity contribution >= 4 is 30.5 Å². The first-order chi connectivity index (χ1) is 9.15.